The number of halogens is 2. The fourth-order valence-corrected chi connectivity index (χ4v) is 2.68. The van der Waals surface area contributed by atoms with E-state index in [4.69, 9.17) is 9.47 Å². The summed E-state index contributed by atoms with van der Waals surface area (Å²) in [5.41, 5.74) is 0.405. The summed E-state index contributed by atoms with van der Waals surface area (Å²) in [6.07, 6.45) is 2.01. The van der Waals surface area contributed by atoms with Gasteiger partial charge in [-0.05, 0) is 30.7 Å². The smallest absolute Gasteiger partial charge is 0.339 e. The number of esters is 1. The molecular formula is C23H20F2N2O5. The standard InChI is InChI=1S/C23H20F2N2O5/c1-3-6-31-18-7-15(8-19(12-18)32-20-10-16(24)9-17(25)11-20)22(28)27-21-5-4-14(13-26-21)23(29)30-2/h4-5,7-13H,3,6H2,1-2H3,(H,26,27,28). The first kappa shape index (κ1) is 22.7. The van der Waals surface area contributed by atoms with E-state index in [0.717, 1.165) is 24.6 Å². The van der Waals surface area contributed by atoms with E-state index < -0.39 is 23.5 Å². The van der Waals surface area contributed by atoms with E-state index in [9.17, 15) is 18.4 Å². The van der Waals surface area contributed by atoms with Crippen LogP contribution in [0.5, 0.6) is 17.2 Å². The molecule has 3 rings (SSSR count). The molecule has 0 aliphatic carbocycles. The lowest BCUT2D eigenvalue weighted by Crippen LogP contribution is -2.14. The predicted octanol–water partition coefficient (Wildman–Crippen LogP) is 4.98. The van der Waals surface area contributed by atoms with Gasteiger partial charge in [-0.15, -0.1) is 0 Å². The number of anilines is 1. The minimum atomic E-state index is -0.794. The molecule has 166 valence electrons. The first-order chi connectivity index (χ1) is 15.4. The first-order valence-corrected chi connectivity index (χ1v) is 9.65. The molecule has 0 unspecified atom stereocenters. The van der Waals surface area contributed by atoms with Crippen molar-refractivity contribution in [2.24, 2.45) is 0 Å². The Bertz CT molecular complexity index is 1100. The number of carbonyl (C=O) groups excluding carboxylic acids is 2. The fourth-order valence-electron chi connectivity index (χ4n) is 2.68. The molecule has 0 bridgehead atoms. The summed E-state index contributed by atoms with van der Waals surface area (Å²) in [5.74, 6) is -2.02. The molecule has 0 atom stereocenters. The van der Waals surface area contributed by atoms with E-state index in [0.29, 0.717) is 12.4 Å². The summed E-state index contributed by atoms with van der Waals surface area (Å²) in [6.45, 7) is 2.32. The molecule has 2 aromatic carbocycles. The van der Waals surface area contributed by atoms with Gasteiger partial charge < -0.3 is 19.5 Å². The van der Waals surface area contributed by atoms with E-state index in [1.54, 1.807) is 0 Å². The van der Waals surface area contributed by atoms with E-state index in [-0.39, 0.29) is 28.4 Å². The summed E-state index contributed by atoms with van der Waals surface area (Å²) in [4.78, 5) is 28.3. The molecule has 0 saturated carbocycles. The van der Waals surface area contributed by atoms with Gasteiger partial charge >= 0.3 is 5.97 Å². The average Bonchev–Trinajstić information content (AvgIpc) is 2.76. The van der Waals surface area contributed by atoms with E-state index in [1.165, 1.54) is 43.6 Å². The number of hydrogen-bond donors (Lipinski definition) is 1. The molecule has 7 nitrogen and oxygen atoms in total. The molecule has 1 amide bonds. The minimum absolute atomic E-state index is 0.0680. The van der Waals surface area contributed by atoms with Gasteiger partial charge in [0.05, 0.1) is 19.3 Å². The Labute approximate surface area is 182 Å². The summed E-state index contributed by atoms with van der Waals surface area (Å²) in [7, 11) is 1.25. The van der Waals surface area contributed by atoms with Gasteiger partial charge in [-0.2, -0.15) is 0 Å². The zero-order valence-electron chi connectivity index (χ0n) is 17.4. The topological polar surface area (TPSA) is 86.8 Å². The second-order valence-corrected chi connectivity index (χ2v) is 6.63. The van der Waals surface area contributed by atoms with Crippen molar-refractivity contribution in [1.82, 2.24) is 4.98 Å². The summed E-state index contributed by atoms with van der Waals surface area (Å²) >= 11 is 0. The molecule has 0 fully saturated rings. The molecule has 32 heavy (non-hydrogen) atoms. The van der Waals surface area contributed by atoms with Crippen LogP contribution in [0.1, 0.15) is 34.1 Å². The second kappa shape index (κ2) is 10.3. The quantitative estimate of drug-likeness (QED) is 0.495. The minimum Gasteiger partial charge on any atom is -0.493 e. The van der Waals surface area contributed by atoms with Crippen LogP contribution in [0.25, 0.3) is 0 Å². The highest BCUT2D eigenvalue weighted by molar-refractivity contribution is 6.04. The van der Waals surface area contributed by atoms with Gasteiger partial charge in [0.1, 0.15) is 34.7 Å². The monoisotopic (exact) mass is 442 g/mol. The maximum absolute atomic E-state index is 13.5. The van der Waals surface area contributed by atoms with E-state index in [2.05, 4.69) is 15.0 Å². The third-order valence-electron chi connectivity index (χ3n) is 4.11. The maximum atomic E-state index is 13.5. The fraction of sp³-hybridized carbons (Fsp3) is 0.174. The number of aromatic nitrogens is 1. The summed E-state index contributed by atoms with van der Waals surface area (Å²) < 4.78 is 42.7. The zero-order valence-corrected chi connectivity index (χ0v) is 17.4. The Morgan fingerprint density at radius 2 is 1.62 bits per heavy atom. The van der Waals surface area contributed by atoms with Gasteiger partial charge in [0.15, 0.2) is 0 Å². The number of pyridine rings is 1. The molecule has 9 heteroatoms. The molecule has 0 spiro atoms. The number of amides is 1. The van der Waals surface area contributed by atoms with Gasteiger partial charge in [-0.1, -0.05) is 6.92 Å². The number of rotatable bonds is 8. The highest BCUT2D eigenvalue weighted by atomic mass is 19.1. The number of nitrogens with one attached hydrogen (secondary N) is 1. The highest BCUT2D eigenvalue weighted by Crippen LogP contribution is 2.29. The van der Waals surface area contributed by atoms with Crippen LogP contribution in [0.4, 0.5) is 14.6 Å². The largest absolute Gasteiger partial charge is 0.493 e. The average molecular weight is 442 g/mol. The molecule has 3 aromatic rings. The lowest BCUT2D eigenvalue weighted by molar-refractivity contribution is 0.0600. The Morgan fingerprint density at radius 1 is 0.938 bits per heavy atom. The van der Waals surface area contributed by atoms with Crippen LogP contribution in [0.2, 0.25) is 0 Å². The second-order valence-electron chi connectivity index (χ2n) is 6.63. The molecule has 0 aliphatic rings. The molecule has 0 radical (unpaired) electrons. The van der Waals surface area contributed by atoms with Gasteiger partial charge in [-0.25, -0.2) is 18.6 Å². The molecule has 1 N–H and O–H groups in total. The van der Waals surface area contributed by atoms with Crippen LogP contribution >= 0.6 is 0 Å². The molecule has 1 heterocycles. The van der Waals surface area contributed by atoms with Crippen molar-refractivity contribution in [2.75, 3.05) is 19.0 Å². The van der Waals surface area contributed by atoms with Gasteiger partial charge in [0.2, 0.25) is 0 Å². The summed E-state index contributed by atoms with van der Waals surface area (Å²) in [5, 5.41) is 2.60. The van der Waals surface area contributed by atoms with Crippen LogP contribution in [0.3, 0.4) is 0 Å². The van der Waals surface area contributed by atoms with Crippen molar-refractivity contribution < 1.29 is 32.6 Å². The maximum Gasteiger partial charge on any atom is 0.339 e. The number of hydrogen-bond acceptors (Lipinski definition) is 6. The Morgan fingerprint density at radius 3 is 2.25 bits per heavy atom. The Balaban J connectivity index is 1.84. The first-order valence-electron chi connectivity index (χ1n) is 9.65. The van der Waals surface area contributed by atoms with E-state index in [1.807, 2.05) is 6.92 Å². The lowest BCUT2D eigenvalue weighted by Gasteiger charge is -2.12. The Kier molecular flexibility index (Phi) is 7.33. The number of ether oxygens (including phenoxy) is 3. The third-order valence-corrected chi connectivity index (χ3v) is 4.11. The van der Waals surface area contributed by atoms with Crippen molar-refractivity contribution in [3.63, 3.8) is 0 Å². The molecule has 1 aromatic heterocycles. The van der Waals surface area contributed by atoms with Crippen LogP contribution in [0, 0.1) is 11.6 Å². The number of nitrogens with zero attached hydrogens (tertiary/aromatic N) is 1. The van der Waals surface area contributed by atoms with Crippen molar-refractivity contribution in [1.29, 1.82) is 0 Å². The SMILES string of the molecule is CCCOc1cc(Oc2cc(F)cc(F)c2)cc(C(=O)Nc2ccc(C(=O)OC)cn2)c1. The van der Waals surface area contributed by atoms with Crippen LogP contribution in [-0.4, -0.2) is 30.6 Å². The van der Waals surface area contributed by atoms with E-state index >= 15 is 0 Å². The number of methoxy groups -OCH3 is 1. The lowest BCUT2D eigenvalue weighted by atomic mass is 10.2. The normalized spacial score (nSPS) is 10.4. The molecular weight excluding hydrogens is 422 g/mol. The zero-order chi connectivity index (χ0) is 23.1. The van der Waals surface area contributed by atoms with Crippen LogP contribution in [0.15, 0.2) is 54.7 Å². The van der Waals surface area contributed by atoms with Crippen LogP contribution in [-0.2, 0) is 4.74 Å². The van der Waals surface area contributed by atoms with Crippen molar-refractivity contribution in [3.05, 3.63) is 77.5 Å². The number of carbonyl (C=O) groups is 2. The highest BCUT2D eigenvalue weighted by Gasteiger charge is 2.14. The van der Waals surface area contributed by atoms with Crippen molar-refractivity contribution in [2.45, 2.75) is 13.3 Å². The third kappa shape index (κ3) is 6.00. The van der Waals surface area contributed by atoms with Gasteiger partial charge in [0.25, 0.3) is 5.91 Å². The van der Waals surface area contributed by atoms with Gasteiger partial charge in [-0.3, -0.25) is 4.79 Å². The Hall–Kier alpha value is -4.01. The van der Waals surface area contributed by atoms with Crippen LogP contribution < -0.4 is 14.8 Å². The number of benzene rings is 2. The predicted molar refractivity (Wildman–Crippen MR) is 112 cm³/mol. The van der Waals surface area contributed by atoms with Crippen molar-refractivity contribution in [3.8, 4) is 17.2 Å². The molecule has 0 saturated heterocycles. The molecule has 0 aliphatic heterocycles. The van der Waals surface area contributed by atoms with Gasteiger partial charge in [0, 0.05) is 36.0 Å². The van der Waals surface area contributed by atoms with Crippen molar-refractivity contribution >= 4 is 17.7 Å². The summed E-state index contributed by atoms with van der Waals surface area (Å²) in [6, 6.07) is 10.1.